The lowest BCUT2D eigenvalue weighted by atomic mass is 10.1. The Kier molecular flexibility index (Phi) is 9.74. The molecule has 0 aromatic carbocycles. The van der Waals surface area contributed by atoms with Gasteiger partial charge in [0.05, 0.1) is 19.6 Å². The number of nitrogens with zero attached hydrogens (tertiary/aromatic N) is 2. The van der Waals surface area contributed by atoms with Gasteiger partial charge in [0.2, 0.25) is 0 Å². The van der Waals surface area contributed by atoms with Crippen LogP contribution in [-0.4, -0.2) is 104 Å². The highest BCUT2D eigenvalue weighted by Gasteiger charge is 2.28. The van der Waals surface area contributed by atoms with Crippen LogP contribution in [0.3, 0.4) is 0 Å². The molecule has 0 aromatic heterocycles. The molecule has 25 heavy (non-hydrogen) atoms. The van der Waals surface area contributed by atoms with Gasteiger partial charge in [-0.25, -0.2) is 0 Å². The van der Waals surface area contributed by atoms with Crippen LogP contribution < -0.4 is 0 Å². The molecule has 0 fully saturated rings. The van der Waals surface area contributed by atoms with Crippen LogP contribution in [-0.2, 0) is 24.0 Å². The van der Waals surface area contributed by atoms with Gasteiger partial charge in [0, 0.05) is 19.5 Å². The van der Waals surface area contributed by atoms with E-state index in [1.165, 1.54) is 0 Å². The molecule has 0 amide bonds. The van der Waals surface area contributed by atoms with Gasteiger partial charge in [0.25, 0.3) is 0 Å². The standard InChI is InChI=1S/C13H20N2O10/c16-9(17)2-1-8(13(24)25)15(7-12(22)23)4-3-14(5-10(18)19)6-11(20)21/h8H,1-7H2,(H,16,17)(H,18,19)(H,20,21)(H,22,23)(H,24,25). The van der Waals surface area contributed by atoms with Crippen LogP contribution >= 0.6 is 0 Å². The summed E-state index contributed by atoms with van der Waals surface area (Å²) < 4.78 is 0. The van der Waals surface area contributed by atoms with E-state index in [4.69, 9.17) is 20.4 Å². The van der Waals surface area contributed by atoms with E-state index in [-0.39, 0.29) is 19.5 Å². The van der Waals surface area contributed by atoms with Gasteiger partial charge in [-0.15, -0.1) is 0 Å². The van der Waals surface area contributed by atoms with Gasteiger partial charge in [-0.05, 0) is 6.42 Å². The fourth-order valence-corrected chi connectivity index (χ4v) is 2.11. The molecule has 12 nitrogen and oxygen atoms in total. The van der Waals surface area contributed by atoms with E-state index in [0.717, 1.165) is 9.80 Å². The molecule has 1 atom stereocenters. The van der Waals surface area contributed by atoms with Crippen LogP contribution in [0.4, 0.5) is 0 Å². The second kappa shape index (κ2) is 10.9. The first-order chi connectivity index (χ1) is 11.5. The monoisotopic (exact) mass is 364 g/mol. The Morgan fingerprint density at radius 2 is 1.16 bits per heavy atom. The third kappa shape index (κ3) is 10.6. The number of carboxylic acids is 5. The van der Waals surface area contributed by atoms with Crippen LogP contribution in [0.1, 0.15) is 12.8 Å². The van der Waals surface area contributed by atoms with Crippen molar-refractivity contribution in [3.05, 3.63) is 0 Å². The van der Waals surface area contributed by atoms with Crippen LogP contribution in [0.2, 0.25) is 0 Å². The first-order valence-electron chi connectivity index (χ1n) is 7.09. The molecule has 0 saturated carbocycles. The highest BCUT2D eigenvalue weighted by molar-refractivity contribution is 5.77. The Morgan fingerprint density at radius 3 is 1.52 bits per heavy atom. The number of aliphatic carboxylic acids is 5. The molecule has 0 saturated heterocycles. The normalized spacial score (nSPS) is 12.1. The summed E-state index contributed by atoms with van der Waals surface area (Å²) >= 11 is 0. The molecule has 0 rings (SSSR count). The maximum Gasteiger partial charge on any atom is 0.320 e. The average Bonchev–Trinajstić information content (AvgIpc) is 2.41. The van der Waals surface area contributed by atoms with Crippen molar-refractivity contribution in [3.63, 3.8) is 0 Å². The van der Waals surface area contributed by atoms with E-state index in [1.807, 2.05) is 0 Å². The molecule has 0 aliphatic heterocycles. The lowest BCUT2D eigenvalue weighted by molar-refractivity contribution is -0.149. The highest BCUT2D eigenvalue weighted by Crippen LogP contribution is 2.09. The predicted octanol–water partition coefficient (Wildman–Crippen LogP) is -1.84. The van der Waals surface area contributed by atoms with Gasteiger partial charge in [-0.2, -0.15) is 0 Å². The van der Waals surface area contributed by atoms with Crippen LogP contribution in [0, 0.1) is 0 Å². The molecular formula is C13H20N2O10. The summed E-state index contributed by atoms with van der Waals surface area (Å²) in [6.45, 7) is -2.45. The molecule has 0 aliphatic rings. The van der Waals surface area contributed by atoms with Crippen molar-refractivity contribution in [2.75, 3.05) is 32.7 Å². The molecule has 0 aromatic rings. The third-order valence-electron chi connectivity index (χ3n) is 3.12. The lowest BCUT2D eigenvalue weighted by Gasteiger charge is -2.29. The molecule has 0 spiro atoms. The van der Waals surface area contributed by atoms with Crippen molar-refractivity contribution in [2.45, 2.75) is 18.9 Å². The topological polar surface area (TPSA) is 193 Å². The zero-order valence-electron chi connectivity index (χ0n) is 13.2. The van der Waals surface area contributed by atoms with Gasteiger partial charge in [-0.3, -0.25) is 33.8 Å². The van der Waals surface area contributed by atoms with Gasteiger partial charge in [0.1, 0.15) is 6.04 Å². The zero-order chi connectivity index (χ0) is 19.6. The van der Waals surface area contributed by atoms with Crippen LogP contribution in [0.25, 0.3) is 0 Å². The Bertz CT molecular complexity index is 505. The summed E-state index contributed by atoms with van der Waals surface area (Å²) in [5.41, 5.74) is 0. The molecular weight excluding hydrogens is 344 g/mol. The number of carbonyl (C=O) groups is 5. The maximum atomic E-state index is 11.3. The smallest absolute Gasteiger partial charge is 0.320 e. The fraction of sp³-hybridized carbons (Fsp3) is 0.615. The quantitative estimate of drug-likeness (QED) is 0.231. The highest BCUT2D eigenvalue weighted by atomic mass is 16.4. The fourth-order valence-electron chi connectivity index (χ4n) is 2.11. The summed E-state index contributed by atoms with van der Waals surface area (Å²) in [7, 11) is 0. The minimum Gasteiger partial charge on any atom is -0.481 e. The number of hydrogen-bond donors (Lipinski definition) is 5. The first kappa shape index (κ1) is 22.3. The SMILES string of the molecule is O=C(O)CCC(C(=O)O)N(CCN(CC(=O)O)CC(=O)O)CC(=O)O. The summed E-state index contributed by atoms with van der Waals surface area (Å²) in [5.74, 6) is -6.63. The predicted molar refractivity (Wildman–Crippen MR) is 79.2 cm³/mol. The van der Waals surface area contributed by atoms with Gasteiger partial charge < -0.3 is 25.5 Å². The second-order valence-electron chi connectivity index (χ2n) is 5.15. The molecule has 0 heterocycles. The summed E-state index contributed by atoms with van der Waals surface area (Å²) in [6.07, 6.45) is -0.850. The Morgan fingerprint density at radius 1 is 0.680 bits per heavy atom. The number of carboxylic acid groups (broad SMARTS) is 5. The van der Waals surface area contributed by atoms with Crippen molar-refractivity contribution in [1.82, 2.24) is 9.80 Å². The van der Waals surface area contributed by atoms with Crippen LogP contribution in [0.5, 0.6) is 0 Å². The minimum absolute atomic E-state index is 0.220. The van der Waals surface area contributed by atoms with E-state index in [9.17, 15) is 29.1 Å². The maximum absolute atomic E-state index is 11.3. The van der Waals surface area contributed by atoms with Gasteiger partial charge in [0.15, 0.2) is 0 Å². The van der Waals surface area contributed by atoms with E-state index in [0.29, 0.717) is 0 Å². The molecule has 0 bridgehead atoms. The number of hydrogen-bond acceptors (Lipinski definition) is 7. The molecule has 142 valence electrons. The largest absolute Gasteiger partial charge is 0.481 e. The third-order valence-corrected chi connectivity index (χ3v) is 3.12. The zero-order valence-corrected chi connectivity index (χ0v) is 13.2. The van der Waals surface area contributed by atoms with Crippen molar-refractivity contribution >= 4 is 29.8 Å². The van der Waals surface area contributed by atoms with Crippen LogP contribution in [0.15, 0.2) is 0 Å². The van der Waals surface area contributed by atoms with Crippen molar-refractivity contribution < 1.29 is 49.5 Å². The van der Waals surface area contributed by atoms with E-state index in [1.54, 1.807) is 0 Å². The molecule has 5 N–H and O–H groups in total. The van der Waals surface area contributed by atoms with E-state index < -0.39 is 61.9 Å². The lowest BCUT2D eigenvalue weighted by Crippen LogP contribution is -2.48. The number of rotatable bonds is 14. The van der Waals surface area contributed by atoms with E-state index >= 15 is 0 Å². The average molecular weight is 364 g/mol. The molecule has 0 radical (unpaired) electrons. The molecule has 0 aliphatic carbocycles. The second-order valence-corrected chi connectivity index (χ2v) is 5.15. The molecule has 12 heteroatoms. The summed E-state index contributed by atoms with van der Waals surface area (Å²) in [6, 6.07) is -1.41. The summed E-state index contributed by atoms with van der Waals surface area (Å²) in [4.78, 5) is 56.3. The van der Waals surface area contributed by atoms with Gasteiger partial charge >= 0.3 is 29.8 Å². The Hall–Kier alpha value is -2.73. The Labute approximate surface area is 141 Å². The molecule has 1 unspecified atom stereocenters. The first-order valence-corrected chi connectivity index (χ1v) is 7.09. The van der Waals surface area contributed by atoms with E-state index in [2.05, 4.69) is 0 Å². The van der Waals surface area contributed by atoms with Crippen molar-refractivity contribution in [1.29, 1.82) is 0 Å². The van der Waals surface area contributed by atoms with Crippen molar-refractivity contribution in [3.8, 4) is 0 Å². The Balaban J connectivity index is 5.10. The van der Waals surface area contributed by atoms with Crippen molar-refractivity contribution in [2.24, 2.45) is 0 Å². The summed E-state index contributed by atoms with van der Waals surface area (Å²) in [5, 5.41) is 44.2. The minimum atomic E-state index is -1.43. The van der Waals surface area contributed by atoms with Gasteiger partial charge in [-0.1, -0.05) is 0 Å².